The number of rotatable bonds is 15. The van der Waals surface area contributed by atoms with Crippen LogP contribution in [0.25, 0.3) is 0 Å². The molecule has 0 bridgehead atoms. The fourth-order valence-electron chi connectivity index (χ4n) is 2.35. The van der Waals surface area contributed by atoms with Crippen molar-refractivity contribution in [1.29, 1.82) is 0 Å². The normalized spacial score (nSPS) is 10.7. The van der Waals surface area contributed by atoms with E-state index in [0.29, 0.717) is 6.42 Å². The van der Waals surface area contributed by atoms with E-state index in [1.807, 2.05) is 0 Å². The average Bonchev–Trinajstić information content (AvgIpc) is 2.43. The molecule has 0 aliphatic heterocycles. The van der Waals surface area contributed by atoms with Gasteiger partial charge < -0.3 is 5.11 Å². The van der Waals surface area contributed by atoms with Gasteiger partial charge in [0.25, 0.3) is 0 Å². The number of allylic oxidation sites excluding steroid dienone is 2. The summed E-state index contributed by atoms with van der Waals surface area (Å²) in [6.07, 6.45) is 21.2. The molecule has 0 atom stereocenters. The molecular weight excluding hydrogens is 318 g/mol. The van der Waals surface area contributed by atoms with E-state index in [9.17, 15) is 4.79 Å². The first-order valence-corrected chi connectivity index (χ1v) is 8.64. The van der Waals surface area contributed by atoms with Crippen LogP contribution in [0.3, 0.4) is 0 Å². The van der Waals surface area contributed by atoms with Crippen LogP contribution in [0.15, 0.2) is 12.2 Å². The summed E-state index contributed by atoms with van der Waals surface area (Å²) in [5, 5.41) is 8.51. The van der Waals surface area contributed by atoms with E-state index in [1.165, 1.54) is 70.6 Å². The molecule has 0 aromatic rings. The Morgan fingerprint density at radius 3 is 1.67 bits per heavy atom. The second kappa shape index (κ2) is 19.8. The van der Waals surface area contributed by atoms with E-state index in [4.69, 9.17) is 5.11 Å². The maximum absolute atomic E-state index is 10.3. The molecule has 3 heteroatoms. The van der Waals surface area contributed by atoms with Gasteiger partial charge in [0, 0.05) is 6.42 Å². The summed E-state index contributed by atoms with van der Waals surface area (Å²) in [5.41, 5.74) is 0. The third-order valence-electron chi connectivity index (χ3n) is 3.65. The molecule has 0 aromatic carbocycles. The second-order valence-electron chi connectivity index (χ2n) is 5.73. The Morgan fingerprint density at radius 1 is 0.762 bits per heavy atom. The molecule has 0 radical (unpaired) electrons. The first-order chi connectivity index (χ1) is 9.77. The molecule has 0 aromatic heterocycles. The van der Waals surface area contributed by atoms with Crippen LogP contribution in [0.4, 0.5) is 0 Å². The van der Waals surface area contributed by atoms with Crippen molar-refractivity contribution in [3.05, 3.63) is 12.2 Å². The minimum absolute atomic E-state index is 0. The van der Waals surface area contributed by atoms with Crippen molar-refractivity contribution in [3.8, 4) is 0 Å². The van der Waals surface area contributed by atoms with Crippen LogP contribution in [0.2, 0.25) is 0 Å². The van der Waals surface area contributed by atoms with E-state index < -0.39 is 5.97 Å². The zero-order valence-corrected chi connectivity index (χ0v) is 13.4. The Hall–Kier alpha value is -0.154. The summed E-state index contributed by atoms with van der Waals surface area (Å²) in [7, 11) is 0. The number of unbranched alkanes of at least 4 members (excludes halogenated alkanes) is 11. The summed E-state index contributed by atoms with van der Waals surface area (Å²) >= 11 is 0. The molecule has 21 heavy (non-hydrogen) atoms. The summed E-state index contributed by atoms with van der Waals surface area (Å²) in [5.74, 6) is -0.664. The van der Waals surface area contributed by atoms with Crippen molar-refractivity contribution in [1.82, 2.24) is 0 Å². The predicted octanol–water partition coefficient (Wildman–Crippen LogP) is 4.92. The van der Waals surface area contributed by atoms with Gasteiger partial charge in [-0.2, -0.15) is 0 Å². The van der Waals surface area contributed by atoms with E-state index in [0.717, 1.165) is 12.8 Å². The second-order valence-corrected chi connectivity index (χ2v) is 5.73. The topological polar surface area (TPSA) is 37.3 Å². The number of carbonyl (C=O) groups is 1. The molecule has 0 unspecified atom stereocenters. The molecule has 0 aliphatic rings. The van der Waals surface area contributed by atoms with Crippen molar-refractivity contribution in [2.24, 2.45) is 0 Å². The van der Waals surface area contributed by atoms with Crippen LogP contribution >= 0.6 is 0 Å². The zero-order valence-electron chi connectivity index (χ0n) is 13.4. The Labute approximate surface area is 144 Å². The summed E-state index contributed by atoms with van der Waals surface area (Å²) < 4.78 is 0. The molecule has 0 fully saturated rings. The fourth-order valence-corrected chi connectivity index (χ4v) is 2.35. The van der Waals surface area contributed by atoms with Crippen LogP contribution in [0, 0.1) is 0 Å². The first-order valence-electron chi connectivity index (χ1n) is 8.64. The van der Waals surface area contributed by atoms with Gasteiger partial charge in [0.05, 0.1) is 0 Å². The molecule has 0 rings (SSSR count). The third kappa shape index (κ3) is 22.3. The van der Waals surface area contributed by atoms with Crippen LogP contribution in [0.1, 0.15) is 96.8 Å². The molecule has 0 amide bonds. The quantitative estimate of drug-likeness (QED) is 0.257. The standard InChI is InChI=1S/C18H34O2.Ga.3H/c1-2-3-4-5-6-7-8-9-10-11-12-13-14-15-16-17-18(19)20;;;;/h9-10H,2-8,11-17H2,1H3,(H,19,20);;;;. The van der Waals surface area contributed by atoms with Gasteiger partial charge in [-0.1, -0.05) is 70.4 Å². The molecule has 1 N–H and O–H groups in total. The molecular formula is C18H37GaO2. The molecule has 0 saturated heterocycles. The van der Waals surface area contributed by atoms with Gasteiger partial charge >= 0.3 is 25.8 Å². The number of carboxylic acid groups (broad SMARTS) is 1. The first kappa shape index (κ1) is 23.1. The Morgan fingerprint density at radius 2 is 1.19 bits per heavy atom. The Bertz CT molecular complexity index is 239. The van der Waals surface area contributed by atoms with Crippen molar-refractivity contribution in [2.75, 3.05) is 0 Å². The molecule has 0 aliphatic carbocycles. The van der Waals surface area contributed by atoms with Crippen LogP contribution in [-0.2, 0) is 4.79 Å². The van der Waals surface area contributed by atoms with E-state index in [1.54, 1.807) is 0 Å². The van der Waals surface area contributed by atoms with Crippen LogP contribution < -0.4 is 0 Å². The number of hydrogen-bond acceptors (Lipinski definition) is 1. The third-order valence-corrected chi connectivity index (χ3v) is 3.65. The van der Waals surface area contributed by atoms with Crippen molar-refractivity contribution >= 4 is 25.8 Å². The summed E-state index contributed by atoms with van der Waals surface area (Å²) in [6.45, 7) is 2.26. The molecule has 0 spiro atoms. The number of aliphatic carboxylic acids is 1. The average molecular weight is 355 g/mol. The fraction of sp³-hybridized carbons (Fsp3) is 0.833. The Kier molecular flexibility index (Phi) is 21.8. The molecule has 0 heterocycles. The Balaban J connectivity index is 0. The van der Waals surface area contributed by atoms with Crippen LogP contribution in [0.5, 0.6) is 0 Å². The van der Waals surface area contributed by atoms with Gasteiger partial charge in [0.15, 0.2) is 0 Å². The van der Waals surface area contributed by atoms with Gasteiger partial charge in [-0.05, 0) is 32.1 Å². The molecule has 124 valence electrons. The predicted molar refractivity (Wildman–Crippen MR) is 97.0 cm³/mol. The van der Waals surface area contributed by atoms with Gasteiger partial charge in [-0.15, -0.1) is 0 Å². The van der Waals surface area contributed by atoms with E-state index in [-0.39, 0.29) is 19.8 Å². The molecule has 0 saturated carbocycles. The zero-order chi connectivity index (χ0) is 14.9. The van der Waals surface area contributed by atoms with Gasteiger partial charge in [0.1, 0.15) is 0 Å². The minimum atomic E-state index is -0.664. The summed E-state index contributed by atoms with van der Waals surface area (Å²) in [6, 6.07) is 0. The monoisotopic (exact) mass is 354 g/mol. The number of hydrogen-bond donors (Lipinski definition) is 1. The van der Waals surface area contributed by atoms with Gasteiger partial charge in [0.2, 0.25) is 0 Å². The summed E-state index contributed by atoms with van der Waals surface area (Å²) in [4.78, 5) is 10.3. The van der Waals surface area contributed by atoms with Crippen molar-refractivity contribution in [3.63, 3.8) is 0 Å². The van der Waals surface area contributed by atoms with Crippen LogP contribution in [-0.4, -0.2) is 30.9 Å². The van der Waals surface area contributed by atoms with Gasteiger partial charge in [-0.3, -0.25) is 4.79 Å². The number of carboxylic acids is 1. The van der Waals surface area contributed by atoms with Crippen molar-refractivity contribution in [2.45, 2.75) is 96.8 Å². The van der Waals surface area contributed by atoms with E-state index >= 15 is 0 Å². The SMILES string of the molecule is CCCCCCCCC=CCCCCCCCC(=O)O.[GaH3]. The molecule has 2 nitrogen and oxygen atoms in total. The van der Waals surface area contributed by atoms with Gasteiger partial charge in [-0.25, -0.2) is 0 Å². The van der Waals surface area contributed by atoms with E-state index in [2.05, 4.69) is 19.1 Å². The van der Waals surface area contributed by atoms with Crippen molar-refractivity contribution < 1.29 is 9.90 Å². The maximum atomic E-state index is 10.3.